The van der Waals surface area contributed by atoms with Gasteiger partial charge in [0.2, 0.25) is 0 Å². The van der Waals surface area contributed by atoms with Crippen LogP contribution >= 0.6 is 0 Å². The molecule has 1 saturated heterocycles. The molecule has 4 nitrogen and oxygen atoms in total. The maximum atomic E-state index is 9.49. The number of ether oxygens (including phenoxy) is 1. The summed E-state index contributed by atoms with van der Waals surface area (Å²) in [6, 6.07) is 0.598. The summed E-state index contributed by atoms with van der Waals surface area (Å²) in [5.41, 5.74) is 0. The molecule has 4 heteroatoms. The van der Waals surface area contributed by atoms with Gasteiger partial charge in [0.05, 0.1) is 6.10 Å². The maximum absolute atomic E-state index is 9.49. The number of piperazine rings is 1. The van der Waals surface area contributed by atoms with Gasteiger partial charge in [-0.05, 0) is 19.8 Å². The number of aliphatic hydroxyl groups excluding tert-OH is 1. The first-order valence-electron chi connectivity index (χ1n) is 6.80. The largest absolute Gasteiger partial charge is 0.392 e. The molecular formula is C13H28N2O2. The lowest BCUT2D eigenvalue weighted by Gasteiger charge is -2.41. The molecule has 17 heavy (non-hydrogen) atoms. The van der Waals surface area contributed by atoms with Crippen molar-refractivity contribution in [3.05, 3.63) is 0 Å². The van der Waals surface area contributed by atoms with Crippen LogP contribution in [0.1, 0.15) is 26.7 Å². The Bertz CT molecular complexity index is 200. The summed E-state index contributed by atoms with van der Waals surface area (Å²) in [5, 5.41) is 9.49. The van der Waals surface area contributed by atoms with Gasteiger partial charge in [0.1, 0.15) is 0 Å². The fraction of sp³-hybridized carbons (Fsp3) is 1.00. The molecule has 2 atom stereocenters. The zero-order chi connectivity index (χ0) is 12.7. The molecule has 0 aromatic heterocycles. The Morgan fingerprint density at radius 3 is 2.76 bits per heavy atom. The van der Waals surface area contributed by atoms with E-state index >= 15 is 0 Å². The summed E-state index contributed by atoms with van der Waals surface area (Å²) in [6.07, 6.45) is 2.06. The van der Waals surface area contributed by atoms with E-state index in [0.717, 1.165) is 52.2 Å². The zero-order valence-electron chi connectivity index (χ0n) is 11.6. The predicted molar refractivity (Wildman–Crippen MR) is 70.3 cm³/mol. The molecule has 0 saturated carbocycles. The SMILES string of the molecule is CC[C@H]1CN(CCCOC)CCN1C[C@@H](C)O. The molecule has 0 aromatic carbocycles. The summed E-state index contributed by atoms with van der Waals surface area (Å²) in [7, 11) is 1.76. The molecule has 1 N–H and O–H groups in total. The normalized spacial score (nSPS) is 25.1. The van der Waals surface area contributed by atoms with Crippen LogP contribution in [-0.2, 0) is 4.74 Å². The van der Waals surface area contributed by atoms with Crippen LogP contribution in [-0.4, -0.2) is 73.5 Å². The van der Waals surface area contributed by atoms with Gasteiger partial charge in [-0.1, -0.05) is 6.92 Å². The van der Waals surface area contributed by atoms with Crippen molar-refractivity contribution in [2.45, 2.75) is 38.8 Å². The molecule has 1 aliphatic heterocycles. The lowest BCUT2D eigenvalue weighted by atomic mass is 10.1. The minimum Gasteiger partial charge on any atom is -0.392 e. The lowest BCUT2D eigenvalue weighted by Crippen LogP contribution is -2.54. The third-order valence-corrected chi connectivity index (χ3v) is 3.48. The van der Waals surface area contributed by atoms with Crippen molar-refractivity contribution in [2.75, 3.05) is 46.4 Å². The lowest BCUT2D eigenvalue weighted by molar-refractivity contribution is 0.0337. The Balaban J connectivity index is 2.32. The van der Waals surface area contributed by atoms with Crippen LogP contribution in [0.5, 0.6) is 0 Å². The fourth-order valence-electron chi connectivity index (χ4n) is 2.56. The van der Waals surface area contributed by atoms with E-state index in [1.54, 1.807) is 7.11 Å². The number of nitrogens with zero attached hydrogens (tertiary/aromatic N) is 2. The second kappa shape index (κ2) is 8.03. The Labute approximate surface area is 106 Å². The third-order valence-electron chi connectivity index (χ3n) is 3.48. The standard InChI is InChI=1S/C13H28N2O2/c1-4-13-11-14(6-5-9-17-3)7-8-15(13)10-12(2)16/h12-13,16H,4-11H2,1-3H3/t12-,13+/m1/s1. The van der Waals surface area contributed by atoms with Gasteiger partial charge in [-0.25, -0.2) is 0 Å². The molecule has 1 aliphatic rings. The number of methoxy groups -OCH3 is 1. The van der Waals surface area contributed by atoms with Crippen LogP contribution in [0, 0.1) is 0 Å². The monoisotopic (exact) mass is 244 g/mol. The Hall–Kier alpha value is -0.160. The average molecular weight is 244 g/mol. The summed E-state index contributed by atoms with van der Waals surface area (Å²) >= 11 is 0. The minimum absolute atomic E-state index is 0.218. The highest BCUT2D eigenvalue weighted by Gasteiger charge is 2.25. The second-order valence-corrected chi connectivity index (χ2v) is 5.05. The first-order valence-corrected chi connectivity index (χ1v) is 6.80. The number of hydrogen-bond acceptors (Lipinski definition) is 4. The number of aliphatic hydroxyl groups is 1. The van der Waals surface area contributed by atoms with Crippen molar-refractivity contribution < 1.29 is 9.84 Å². The van der Waals surface area contributed by atoms with Gasteiger partial charge in [-0.15, -0.1) is 0 Å². The average Bonchev–Trinajstić information content (AvgIpc) is 2.30. The van der Waals surface area contributed by atoms with Crippen LogP contribution in [0.15, 0.2) is 0 Å². The Kier molecular flexibility index (Phi) is 7.04. The van der Waals surface area contributed by atoms with E-state index in [1.807, 2.05) is 6.92 Å². The fourth-order valence-corrected chi connectivity index (χ4v) is 2.56. The van der Waals surface area contributed by atoms with E-state index in [-0.39, 0.29) is 6.10 Å². The van der Waals surface area contributed by atoms with Crippen LogP contribution in [0.4, 0.5) is 0 Å². The molecule has 102 valence electrons. The first kappa shape index (κ1) is 14.9. The summed E-state index contributed by atoms with van der Waals surface area (Å²) < 4.78 is 5.09. The van der Waals surface area contributed by atoms with Gasteiger partial charge in [-0.3, -0.25) is 4.90 Å². The molecule has 0 spiro atoms. The highest BCUT2D eigenvalue weighted by molar-refractivity contribution is 4.82. The van der Waals surface area contributed by atoms with Crippen molar-refractivity contribution in [2.24, 2.45) is 0 Å². The molecule has 1 heterocycles. The van der Waals surface area contributed by atoms with Crippen LogP contribution in [0.3, 0.4) is 0 Å². The number of β-amino-alcohol motifs (C(OH)–C–C–N with tert-alkyl or cyclic N) is 1. The zero-order valence-corrected chi connectivity index (χ0v) is 11.6. The van der Waals surface area contributed by atoms with E-state index in [4.69, 9.17) is 4.74 Å². The summed E-state index contributed by atoms with van der Waals surface area (Å²) in [6.45, 7) is 10.2. The first-order chi connectivity index (χ1) is 8.17. The molecule has 0 bridgehead atoms. The van der Waals surface area contributed by atoms with Gasteiger partial charge in [-0.2, -0.15) is 0 Å². The van der Waals surface area contributed by atoms with Gasteiger partial charge in [0.25, 0.3) is 0 Å². The number of rotatable bonds is 7. The van der Waals surface area contributed by atoms with Gasteiger partial charge >= 0.3 is 0 Å². The van der Waals surface area contributed by atoms with Gasteiger partial charge in [0, 0.05) is 52.5 Å². The van der Waals surface area contributed by atoms with Crippen molar-refractivity contribution in [1.29, 1.82) is 0 Å². The molecule has 0 radical (unpaired) electrons. The van der Waals surface area contributed by atoms with E-state index in [0.29, 0.717) is 6.04 Å². The van der Waals surface area contributed by atoms with Gasteiger partial charge < -0.3 is 14.7 Å². The van der Waals surface area contributed by atoms with Crippen molar-refractivity contribution in [1.82, 2.24) is 9.80 Å². The highest BCUT2D eigenvalue weighted by atomic mass is 16.5. The molecule has 1 fully saturated rings. The van der Waals surface area contributed by atoms with Crippen molar-refractivity contribution in [3.63, 3.8) is 0 Å². The summed E-state index contributed by atoms with van der Waals surface area (Å²) in [5.74, 6) is 0. The number of hydrogen-bond donors (Lipinski definition) is 1. The van der Waals surface area contributed by atoms with E-state index in [2.05, 4.69) is 16.7 Å². The quantitative estimate of drug-likeness (QED) is 0.672. The molecule has 1 rings (SSSR count). The molecule has 0 aliphatic carbocycles. The topological polar surface area (TPSA) is 35.9 Å². The van der Waals surface area contributed by atoms with E-state index < -0.39 is 0 Å². The van der Waals surface area contributed by atoms with E-state index in [1.165, 1.54) is 0 Å². The molecule has 0 unspecified atom stereocenters. The Morgan fingerprint density at radius 2 is 2.18 bits per heavy atom. The van der Waals surface area contributed by atoms with Gasteiger partial charge in [0.15, 0.2) is 0 Å². The molecule has 0 aromatic rings. The highest BCUT2D eigenvalue weighted by Crippen LogP contribution is 2.13. The van der Waals surface area contributed by atoms with Crippen LogP contribution < -0.4 is 0 Å². The smallest absolute Gasteiger partial charge is 0.0639 e. The second-order valence-electron chi connectivity index (χ2n) is 5.05. The maximum Gasteiger partial charge on any atom is 0.0639 e. The van der Waals surface area contributed by atoms with Crippen molar-refractivity contribution >= 4 is 0 Å². The van der Waals surface area contributed by atoms with E-state index in [9.17, 15) is 5.11 Å². The minimum atomic E-state index is -0.218. The predicted octanol–water partition coefficient (Wildman–Crippen LogP) is 0.800. The Morgan fingerprint density at radius 1 is 1.41 bits per heavy atom. The van der Waals surface area contributed by atoms with Crippen LogP contribution in [0.25, 0.3) is 0 Å². The summed E-state index contributed by atoms with van der Waals surface area (Å²) in [4.78, 5) is 4.95. The molecular weight excluding hydrogens is 216 g/mol. The van der Waals surface area contributed by atoms with Crippen LogP contribution in [0.2, 0.25) is 0 Å². The molecule has 0 amide bonds. The van der Waals surface area contributed by atoms with Crippen molar-refractivity contribution in [3.8, 4) is 0 Å². The third kappa shape index (κ3) is 5.34.